The number of phosphoric acid groups is 1. The number of ether oxygens (including phenoxy) is 2. The van der Waals surface area contributed by atoms with Gasteiger partial charge in [0, 0.05) is 12.8 Å². The van der Waals surface area contributed by atoms with Gasteiger partial charge in [-0.2, -0.15) is 0 Å². The monoisotopic (exact) mass is 1160 g/mol. The Morgan fingerprint density at radius 2 is 0.695 bits per heavy atom. The average molecular weight is 1160 g/mol. The Kier molecular flexibility index (Phi) is 59.2. The van der Waals surface area contributed by atoms with Gasteiger partial charge in [-0.05, 0) is 89.9 Å². The van der Waals surface area contributed by atoms with Gasteiger partial charge in [0.25, 0.3) is 7.82 Å². The summed E-state index contributed by atoms with van der Waals surface area (Å²) in [5, 5.41) is 0. The van der Waals surface area contributed by atoms with E-state index in [9.17, 15) is 19.0 Å². The second-order valence-electron chi connectivity index (χ2n) is 23.1. The van der Waals surface area contributed by atoms with Crippen molar-refractivity contribution in [2.45, 2.75) is 277 Å². The van der Waals surface area contributed by atoms with E-state index in [1.54, 1.807) is 0 Å². The molecule has 0 bridgehead atoms. The summed E-state index contributed by atoms with van der Waals surface area (Å²) in [5.41, 5.74) is 0. The van der Waals surface area contributed by atoms with Crippen molar-refractivity contribution < 1.29 is 42.1 Å². The van der Waals surface area contributed by atoms with Crippen molar-refractivity contribution in [3.8, 4) is 0 Å². The fraction of sp³-hybridized carbons (Fsp3) is 0.694. The highest BCUT2D eigenvalue weighted by molar-refractivity contribution is 7.45. The quantitative estimate of drug-likeness (QED) is 0.0195. The van der Waals surface area contributed by atoms with Crippen LogP contribution in [0.1, 0.15) is 271 Å². The molecule has 0 fully saturated rings. The van der Waals surface area contributed by atoms with Gasteiger partial charge in [-0.1, -0.05) is 289 Å². The molecular weight excluding hydrogens is 1040 g/mol. The maximum absolute atomic E-state index is 12.8. The van der Waals surface area contributed by atoms with Gasteiger partial charge in [0.2, 0.25) is 0 Å². The van der Waals surface area contributed by atoms with E-state index in [4.69, 9.17) is 18.5 Å². The van der Waals surface area contributed by atoms with Crippen LogP contribution in [0.15, 0.2) is 122 Å². The first-order chi connectivity index (χ1) is 40.0. The summed E-state index contributed by atoms with van der Waals surface area (Å²) in [6.07, 6.45) is 88.4. The number of unbranched alkanes of at least 4 members (excludes halogenated alkanes) is 26. The number of likely N-dealkylation sites (N-methyl/N-ethyl adjacent to an activating group) is 1. The number of rotatable bonds is 60. The highest BCUT2D eigenvalue weighted by atomic mass is 31.2. The topological polar surface area (TPSA) is 111 Å². The Morgan fingerprint density at radius 3 is 1.04 bits per heavy atom. The third kappa shape index (κ3) is 65.6. The van der Waals surface area contributed by atoms with E-state index in [-0.39, 0.29) is 26.1 Å². The number of hydrogen-bond acceptors (Lipinski definition) is 8. The van der Waals surface area contributed by atoms with E-state index in [0.717, 1.165) is 96.3 Å². The SMILES string of the molecule is CC/C=C\C/C=C\C/C=C\C/C=C\C/C=C\C/C=C\C/C=C\C/C=C\C/C=C\C/C=C\CCCCC(=O)OC(COC(=O)CCCCCCCCCCCCCCCCCCCCCCCCCCC)COP(=O)([O-])OCC[N+](C)(C)C. The van der Waals surface area contributed by atoms with E-state index < -0.39 is 32.5 Å². The zero-order valence-electron chi connectivity index (χ0n) is 53.4. The minimum absolute atomic E-state index is 0.0445. The van der Waals surface area contributed by atoms with Gasteiger partial charge < -0.3 is 27.9 Å². The lowest BCUT2D eigenvalue weighted by atomic mass is 10.0. The van der Waals surface area contributed by atoms with E-state index in [1.807, 2.05) is 21.1 Å². The molecule has 470 valence electrons. The van der Waals surface area contributed by atoms with Gasteiger partial charge in [-0.25, -0.2) is 0 Å². The second-order valence-corrected chi connectivity index (χ2v) is 24.5. The third-order valence-electron chi connectivity index (χ3n) is 14.0. The molecule has 0 radical (unpaired) electrons. The number of carbonyl (C=O) groups excluding carboxylic acids is 2. The summed E-state index contributed by atoms with van der Waals surface area (Å²) >= 11 is 0. The lowest BCUT2D eigenvalue weighted by Gasteiger charge is -2.28. The molecule has 10 heteroatoms. The van der Waals surface area contributed by atoms with Crippen LogP contribution in [0.4, 0.5) is 0 Å². The van der Waals surface area contributed by atoms with E-state index in [0.29, 0.717) is 17.4 Å². The van der Waals surface area contributed by atoms with Crippen molar-refractivity contribution >= 4 is 19.8 Å². The van der Waals surface area contributed by atoms with Gasteiger partial charge in [-0.3, -0.25) is 14.2 Å². The average Bonchev–Trinajstić information content (AvgIpc) is 3.46. The molecule has 0 saturated heterocycles. The Morgan fingerprint density at radius 1 is 0.390 bits per heavy atom. The molecule has 2 unspecified atom stereocenters. The van der Waals surface area contributed by atoms with Gasteiger partial charge >= 0.3 is 11.9 Å². The van der Waals surface area contributed by atoms with Crippen LogP contribution < -0.4 is 4.89 Å². The molecular formula is C72H124NO8P. The first kappa shape index (κ1) is 78.4. The zero-order chi connectivity index (χ0) is 59.8. The Balaban J connectivity index is 4.21. The molecule has 0 rings (SSSR count). The van der Waals surface area contributed by atoms with Crippen molar-refractivity contribution in [1.82, 2.24) is 0 Å². The molecule has 0 spiro atoms. The summed E-state index contributed by atoms with van der Waals surface area (Å²) in [7, 11) is 1.13. The molecule has 82 heavy (non-hydrogen) atoms. The van der Waals surface area contributed by atoms with Crippen LogP contribution in [0.5, 0.6) is 0 Å². The molecule has 0 amide bonds. The minimum Gasteiger partial charge on any atom is -0.756 e. The van der Waals surface area contributed by atoms with Crippen LogP contribution in [0.2, 0.25) is 0 Å². The van der Waals surface area contributed by atoms with E-state index in [1.165, 1.54) is 141 Å². The minimum atomic E-state index is -4.66. The second kappa shape index (κ2) is 62.0. The number of quaternary nitrogens is 1. The van der Waals surface area contributed by atoms with Crippen LogP contribution in [0.3, 0.4) is 0 Å². The van der Waals surface area contributed by atoms with Crippen LogP contribution >= 0.6 is 7.82 Å². The summed E-state index contributed by atoms with van der Waals surface area (Å²) in [6, 6.07) is 0. The molecule has 9 nitrogen and oxygen atoms in total. The highest BCUT2D eigenvalue weighted by Gasteiger charge is 2.22. The predicted octanol–water partition coefficient (Wildman–Crippen LogP) is 20.9. The van der Waals surface area contributed by atoms with E-state index in [2.05, 4.69) is 135 Å². The highest BCUT2D eigenvalue weighted by Crippen LogP contribution is 2.38. The van der Waals surface area contributed by atoms with Gasteiger partial charge in [-0.15, -0.1) is 0 Å². The van der Waals surface area contributed by atoms with Crippen molar-refractivity contribution in [3.63, 3.8) is 0 Å². The molecule has 0 aromatic heterocycles. The molecule has 2 atom stereocenters. The number of carbonyl (C=O) groups is 2. The molecule has 0 aromatic rings. The summed E-state index contributed by atoms with van der Waals surface area (Å²) < 4.78 is 34.2. The number of phosphoric ester groups is 1. The molecule has 0 heterocycles. The molecule has 0 aromatic carbocycles. The van der Waals surface area contributed by atoms with Gasteiger partial charge in [0.05, 0.1) is 27.7 Å². The largest absolute Gasteiger partial charge is 0.756 e. The Bertz CT molecular complexity index is 1800. The first-order valence-corrected chi connectivity index (χ1v) is 34.7. The van der Waals surface area contributed by atoms with Crippen molar-refractivity contribution in [1.29, 1.82) is 0 Å². The fourth-order valence-electron chi connectivity index (χ4n) is 8.92. The van der Waals surface area contributed by atoms with Crippen LogP contribution in [-0.4, -0.2) is 70.0 Å². The fourth-order valence-corrected chi connectivity index (χ4v) is 9.65. The van der Waals surface area contributed by atoms with Gasteiger partial charge in [0.15, 0.2) is 6.10 Å². The zero-order valence-corrected chi connectivity index (χ0v) is 54.3. The van der Waals surface area contributed by atoms with Crippen LogP contribution in [0, 0.1) is 0 Å². The van der Waals surface area contributed by atoms with Crippen LogP contribution in [-0.2, 0) is 32.7 Å². The summed E-state index contributed by atoms with van der Waals surface area (Å²) in [5.74, 6) is -0.883. The standard InChI is InChI=1S/C72H124NO8P/c1-6-8-10-12-14-16-18-20-22-24-26-28-30-32-33-34-35-36-37-38-39-41-43-45-47-49-51-53-55-57-59-61-63-65-72(75)81-70(69-80-82(76,77)79-67-66-73(3,4)5)68-78-71(74)64-62-60-58-56-54-52-50-48-46-44-42-40-31-29-27-25-23-21-19-17-15-13-11-9-7-2/h8,10,14,16,20,22,26,28,32-33,35-36,38-39,43,45,49,51,55,57,70H,6-7,9,11-13,15,17-19,21,23-25,27,29-31,34,37,40-42,44,46-48,50,52-54,56,58-69H2,1-5H3/b10-8-,16-14-,22-20-,28-26-,33-32-,36-35-,39-38-,45-43-,51-49-,57-55-. The molecule has 0 aliphatic carbocycles. The maximum atomic E-state index is 12.8. The lowest BCUT2D eigenvalue weighted by molar-refractivity contribution is -0.870. The Hall–Kier alpha value is -3.59. The predicted molar refractivity (Wildman–Crippen MR) is 351 cm³/mol. The van der Waals surface area contributed by atoms with Crippen molar-refractivity contribution in [3.05, 3.63) is 122 Å². The van der Waals surface area contributed by atoms with Crippen molar-refractivity contribution in [2.75, 3.05) is 47.5 Å². The smallest absolute Gasteiger partial charge is 0.306 e. The number of hydrogen-bond donors (Lipinski definition) is 0. The molecule has 0 aliphatic rings. The molecule has 0 N–H and O–H groups in total. The normalized spacial score (nSPS) is 14.0. The lowest BCUT2D eigenvalue weighted by Crippen LogP contribution is -2.37. The number of esters is 2. The van der Waals surface area contributed by atoms with E-state index >= 15 is 0 Å². The Labute approximate surface area is 505 Å². The number of nitrogens with zero attached hydrogens (tertiary/aromatic N) is 1. The number of allylic oxidation sites excluding steroid dienone is 20. The summed E-state index contributed by atoms with van der Waals surface area (Å²) in [6.45, 7) is 4.09. The van der Waals surface area contributed by atoms with Crippen molar-refractivity contribution in [2.24, 2.45) is 0 Å². The summed E-state index contributed by atoms with van der Waals surface area (Å²) in [4.78, 5) is 38.0. The maximum Gasteiger partial charge on any atom is 0.306 e. The third-order valence-corrected chi connectivity index (χ3v) is 15.0. The van der Waals surface area contributed by atoms with Crippen LogP contribution in [0.25, 0.3) is 0 Å². The first-order valence-electron chi connectivity index (χ1n) is 33.2. The molecule has 0 aliphatic heterocycles. The van der Waals surface area contributed by atoms with Gasteiger partial charge in [0.1, 0.15) is 19.8 Å². The molecule has 0 saturated carbocycles.